The van der Waals surface area contributed by atoms with Crippen molar-refractivity contribution < 1.29 is 4.79 Å². The lowest BCUT2D eigenvalue weighted by Crippen LogP contribution is -2.46. The molecule has 2 heterocycles. The van der Waals surface area contributed by atoms with E-state index in [-0.39, 0.29) is 17.4 Å². The van der Waals surface area contributed by atoms with E-state index in [1.807, 2.05) is 11.4 Å². The first-order valence-electron chi connectivity index (χ1n) is 6.61. The molecule has 1 amide bonds. The minimum atomic E-state index is -0.231. The molecule has 4 heteroatoms. The van der Waals surface area contributed by atoms with Crippen LogP contribution in [0.2, 0.25) is 0 Å². The van der Waals surface area contributed by atoms with Crippen LogP contribution < -0.4 is 10.6 Å². The van der Waals surface area contributed by atoms with Gasteiger partial charge in [-0.05, 0) is 37.3 Å². The van der Waals surface area contributed by atoms with Gasteiger partial charge < -0.3 is 10.6 Å². The average molecular weight is 266 g/mol. The van der Waals surface area contributed by atoms with Crippen molar-refractivity contribution in [1.82, 2.24) is 10.6 Å². The highest BCUT2D eigenvalue weighted by Crippen LogP contribution is 2.35. The third-order valence-electron chi connectivity index (χ3n) is 4.06. The number of thiophene rings is 1. The van der Waals surface area contributed by atoms with Crippen LogP contribution in [0.3, 0.4) is 0 Å². The minimum Gasteiger partial charge on any atom is -0.348 e. The van der Waals surface area contributed by atoms with E-state index < -0.39 is 0 Å². The summed E-state index contributed by atoms with van der Waals surface area (Å²) in [4.78, 5) is 13.8. The largest absolute Gasteiger partial charge is 0.348 e. The van der Waals surface area contributed by atoms with Crippen LogP contribution in [0.4, 0.5) is 0 Å². The molecule has 1 fully saturated rings. The highest BCUT2D eigenvalue weighted by Gasteiger charge is 2.44. The monoisotopic (exact) mass is 266 g/mol. The third kappa shape index (κ3) is 2.45. The van der Waals surface area contributed by atoms with Crippen molar-refractivity contribution in [1.29, 1.82) is 0 Å². The highest BCUT2D eigenvalue weighted by molar-refractivity contribution is 7.10. The van der Waals surface area contributed by atoms with Gasteiger partial charge in [-0.25, -0.2) is 0 Å². The van der Waals surface area contributed by atoms with Gasteiger partial charge in [0.1, 0.15) is 0 Å². The average Bonchev–Trinajstić information content (AvgIpc) is 3.01. The second-order valence-corrected chi connectivity index (χ2v) is 6.43. The fourth-order valence-electron chi connectivity index (χ4n) is 2.61. The Morgan fingerprint density at radius 2 is 2.28 bits per heavy atom. The summed E-state index contributed by atoms with van der Waals surface area (Å²) in [7, 11) is 0. The Hall–Kier alpha value is -0.870. The van der Waals surface area contributed by atoms with Crippen LogP contribution in [-0.4, -0.2) is 19.0 Å². The molecule has 1 aromatic rings. The van der Waals surface area contributed by atoms with Crippen LogP contribution in [0.25, 0.3) is 0 Å². The fourth-order valence-corrected chi connectivity index (χ4v) is 3.34. The second kappa shape index (κ2) is 5.41. The molecular weight excluding hydrogens is 244 g/mol. The lowest BCUT2D eigenvalue weighted by atomic mass is 9.75. The van der Waals surface area contributed by atoms with Gasteiger partial charge in [-0.15, -0.1) is 11.3 Å². The van der Waals surface area contributed by atoms with Gasteiger partial charge in [-0.1, -0.05) is 19.9 Å². The van der Waals surface area contributed by atoms with Crippen molar-refractivity contribution in [2.75, 3.05) is 13.1 Å². The first-order valence-corrected chi connectivity index (χ1v) is 7.49. The number of carbonyl (C=O) groups excluding carboxylic acids is 1. The van der Waals surface area contributed by atoms with E-state index in [1.54, 1.807) is 11.3 Å². The van der Waals surface area contributed by atoms with E-state index in [2.05, 4.69) is 37.5 Å². The number of hydrogen-bond acceptors (Lipinski definition) is 3. The van der Waals surface area contributed by atoms with Crippen LogP contribution in [0.1, 0.15) is 38.1 Å². The molecule has 2 N–H and O–H groups in total. The predicted molar refractivity (Wildman–Crippen MR) is 75.6 cm³/mol. The first-order chi connectivity index (χ1) is 8.56. The van der Waals surface area contributed by atoms with Crippen LogP contribution in [0, 0.1) is 11.3 Å². The van der Waals surface area contributed by atoms with Crippen LogP contribution >= 0.6 is 11.3 Å². The normalized spacial score (nSPS) is 25.3. The zero-order valence-corrected chi connectivity index (χ0v) is 12.1. The summed E-state index contributed by atoms with van der Waals surface area (Å²) in [6.45, 7) is 8.08. The summed E-state index contributed by atoms with van der Waals surface area (Å²) >= 11 is 1.69. The van der Waals surface area contributed by atoms with E-state index in [9.17, 15) is 4.79 Å². The Balaban J connectivity index is 2.06. The van der Waals surface area contributed by atoms with Gasteiger partial charge in [-0.3, -0.25) is 4.79 Å². The smallest absolute Gasteiger partial charge is 0.228 e. The number of nitrogens with one attached hydrogen (secondary N) is 2. The number of carbonyl (C=O) groups is 1. The van der Waals surface area contributed by atoms with E-state index in [0.717, 1.165) is 19.5 Å². The molecule has 0 bridgehead atoms. The van der Waals surface area contributed by atoms with Crippen molar-refractivity contribution in [2.24, 2.45) is 11.3 Å². The molecule has 100 valence electrons. The van der Waals surface area contributed by atoms with Gasteiger partial charge >= 0.3 is 0 Å². The molecule has 0 spiro atoms. The molecule has 18 heavy (non-hydrogen) atoms. The predicted octanol–water partition coefficient (Wildman–Crippen LogP) is 2.56. The van der Waals surface area contributed by atoms with E-state index >= 15 is 0 Å². The van der Waals surface area contributed by atoms with Gasteiger partial charge in [0.15, 0.2) is 0 Å². The maximum Gasteiger partial charge on any atom is 0.228 e. The van der Waals surface area contributed by atoms with E-state index in [4.69, 9.17) is 0 Å². The Morgan fingerprint density at radius 1 is 1.50 bits per heavy atom. The number of amides is 1. The van der Waals surface area contributed by atoms with Crippen molar-refractivity contribution >= 4 is 17.2 Å². The molecular formula is C14H22N2OS. The first kappa shape index (κ1) is 13.6. The van der Waals surface area contributed by atoms with Gasteiger partial charge in [-0.2, -0.15) is 0 Å². The maximum atomic E-state index is 12.6. The summed E-state index contributed by atoms with van der Waals surface area (Å²) in [5, 5.41) is 8.55. The Morgan fingerprint density at radius 3 is 2.78 bits per heavy atom. The molecule has 1 aromatic heterocycles. The van der Waals surface area contributed by atoms with Crippen molar-refractivity contribution in [3.63, 3.8) is 0 Å². The lowest BCUT2D eigenvalue weighted by molar-refractivity contribution is -0.133. The summed E-state index contributed by atoms with van der Waals surface area (Å²) in [6, 6.07) is 4.21. The Labute approximate surface area is 113 Å². The Bertz CT molecular complexity index is 394. The summed E-state index contributed by atoms with van der Waals surface area (Å²) in [5.74, 6) is 0.562. The van der Waals surface area contributed by atoms with E-state index in [1.165, 1.54) is 4.88 Å². The van der Waals surface area contributed by atoms with Crippen molar-refractivity contribution in [3.8, 4) is 0 Å². The SMILES string of the molecule is CC(C)C1(C(=O)N[C@@H](C)c2cccs2)CCNC1. The van der Waals surface area contributed by atoms with Gasteiger partial charge in [0, 0.05) is 11.4 Å². The van der Waals surface area contributed by atoms with Crippen molar-refractivity contribution in [2.45, 2.75) is 33.2 Å². The molecule has 3 nitrogen and oxygen atoms in total. The molecule has 1 saturated heterocycles. The van der Waals surface area contributed by atoms with Gasteiger partial charge in [0.2, 0.25) is 5.91 Å². The lowest BCUT2D eigenvalue weighted by Gasteiger charge is -2.32. The summed E-state index contributed by atoms with van der Waals surface area (Å²) in [5.41, 5.74) is -0.231. The van der Waals surface area contributed by atoms with Gasteiger partial charge in [0.25, 0.3) is 0 Å². The number of rotatable bonds is 4. The quantitative estimate of drug-likeness (QED) is 0.879. The molecule has 0 radical (unpaired) electrons. The van der Waals surface area contributed by atoms with Crippen LogP contribution in [0.5, 0.6) is 0 Å². The topological polar surface area (TPSA) is 41.1 Å². The molecule has 2 atom stereocenters. The second-order valence-electron chi connectivity index (χ2n) is 5.45. The zero-order valence-electron chi connectivity index (χ0n) is 11.3. The summed E-state index contributed by atoms with van der Waals surface area (Å²) < 4.78 is 0. The maximum absolute atomic E-state index is 12.6. The molecule has 1 aliphatic heterocycles. The van der Waals surface area contributed by atoms with Gasteiger partial charge in [0.05, 0.1) is 11.5 Å². The zero-order chi connectivity index (χ0) is 13.2. The molecule has 0 saturated carbocycles. The highest BCUT2D eigenvalue weighted by atomic mass is 32.1. The fraction of sp³-hybridized carbons (Fsp3) is 0.643. The van der Waals surface area contributed by atoms with Crippen LogP contribution in [-0.2, 0) is 4.79 Å². The molecule has 1 unspecified atom stereocenters. The number of hydrogen-bond donors (Lipinski definition) is 2. The molecule has 0 aliphatic carbocycles. The Kier molecular flexibility index (Phi) is 4.07. The standard InChI is InChI=1S/C14H22N2OS/c1-10(2)14(6-7-15-9-14)13(17)16-11(3)12-5-4-8-18-12/h4-5,8,10-11,15H,6-7,9H2,1-3H3,(H,16,17)/t11-,14?/m0/s1. The third-order valence-corrected chi connectivity index (χ3v) is 5.12. The minimum absolute atomic E-state index is 0.105. The molecule has 0 aromatic carbocycles. The molecule has 1 aliphatic rings. The molecule has 2 rings (SSSR count). The van der Waals surface area contributed by atoms with Crippen LogP contribution in [0.15, 0.2) is 17.5 Å². The summed E-state index contributed by atoms with van der Waals surface area (Å²) in [6.07, 6.45) is 0.938. The van der Waals surface area contributed by atoms with E-state index in [0.29, 0.717) is 5.92 Å². The van der Waals surface area contributed by atoms with Crippen molar-refractivity contribution in [3.05, 3.63) is 22.4 Å².